The van der Waals surface area contributed by atoms with Gasteiger partial charge in [-0.05, 0) is 29.2 Å². The quantitative estimate of drug-likeness (QED) is 0.585. The highest BCUT2D eigenvalue weighted by Crippen LogP contribution is 2.24. The van der Waals surface area contributed by atoms with Crippen LogP contribution in [-0.4, -0.2) is 23.3 Å². The van der Waals surface area contributed by atoms with E-state index in [9.17, 15) is 19.7 Å². The molecule has 2 aromatic carbocycles. The molecule has 0 aliphatic rings. The molecule has 8 nitrogen and oxygen atoms in total. The minimum Gasteiger partial charge on any atom is -0.484 e. The van der Waals surface area contributed by atoms with Crippen LogP contribution in [-0.2, 0) is 10.2 Å². The molecule has 0 aromatic heterocycles. The summed E-state index contributed by atoms with van der Waals surface area (Å²) in [5.74, 6) is -0.762. The molecule has 148 valence electrons. The second-order valence-electron chi connectivity index (χ2n) is 6.99. The van der Waals surface area contributed by atoms with Crippen LogP contribution in [0, 0.1) is 10.1 Å². The summed E-state index contributed by atoms with van der Waals surface area (Å²) in [6.45, 7) is 5.98. The highest BCUT2D eigenvalue weighted by Gasteiger charge is 2.16. The topological polar surface area (TPSA) is 111 Å². The van der Waals surface area contributed by atoms with Crippen LogP contribution in [0.3, 0.4) is 0 Å². The lowest BCUT2D eigenvalue weighted by Crippen LogP contribution is -2.43. The summed E-state index contributed by atoms with van der Waals surface area (Å²) in [4.78, 5) is 33.9. The van der Waals surface area contributed by atoms with Crippen LogP contribution in [0.15, 0.2) is 42.5 Å². The molecule has 0 spiro atoms. The van der Waals surface area contributed by atoms with Gasteiger partial charge in [0.2, 0.25) is 0 Å². The maximum absolute atomic E-state index is 12.0. The van der Waals surface area contributed by atoms with E-state index in [1.807, 2.05) is 12.1 Å². The Morgan fingerprint density at radius 1 is 1.11 bits per heavy atom. The van der Waals surface area contributed by atoms with E-state index in [1.54, 1.807) is 12.1 Å². The highest BCUT2D eigenvalue weighted by atomic mass is 35.5. The first-order valence-electron chi connectivity index (χ1n) is 8.34. The van der Waals surface area contributed by atoms with E-state index in [2.05, 4.69) is 31.6 Å². The number of nitro benzene ring substituents is 1. The molecule has 0 saturated carbocycles. The molecule has 0 fully saturated rings. The fourth-order valence-corrected chi connectivity index (χ4v) is 2.49. The van der Waals surface area contributed by atoms with Gasteiger partial charge in [0.05, 0.1) is 15.5 Å². The van der Waals surface area contributed by atoms with Crippen LogP contribution in [0.4, 0.5) is 5.69 Å². The molecule has 2 N–H and O–H groups in total. The third-order valence-electron chi connectivity index (χ3n) is 3.81. The number of amides is 2. The van der Waals surface area contributed by atoms with Gasteiger partial charge >= 0.3 is 0 Å². The summed E-state index contributed by atoms with van der Waals surface area (Å²) in [6, 6.07) is 10.8. The molecule has 9 heteroatoms. The number of hydrogen-bond acceptors (Lipinski definition) is 5. The number of hydrogen-bond donors (Lipinski definition) is 2. The lowest BCUT2D eigenvalue weighted by molar-refractivity contribution is -0.384. The number of halogens is 1. The molecule has 0 atom stereocenters. The van der Waals surface area contributed by atoms with Gasteiger partial charge in [0.25, 0.3) is 17.5 Å². The standard InChI is InChI=1S/C19H20ClN3O5/c1-19(2,3)12-4-7-14(8-5-12)28-11-17(24)21-22-18(25)15-9-6-13(23(26)27)10-16(15)20/h4-10H,11H2,1-3H3,(H,21,24)(H,22,25). The van der Waals surface area contributed by atoms with Crippen LogP contribution < -0.4 is 15.6 Å². The molecule has 0 unspecified atom stereocenters. The summed E-state index contributed by atoms with van der Waals surface area (Å²) < 4.78 is 5.37. The Morgan fingerprint density at radius 3 is 2.29 bits per heavy atom. The van der Waals surface area contributed by atoms with Gasteiger partial charge in [-0.25, -0.2) is 0 Å². The fraction of sp³-hybridized carbons (Fsp3) is 0.263. The smallest absolute Gasteiger partial charge is 0.276 e. The van der Waals surface area contributed by atoms with Crippen LogP contribution in [0.1, 0.15) is 36.7 Å². The SMILES string of the molecule is CC(C)(C)c1ccc(OCC(=O)NNC(=O)c2ccc([N+](=O)[O-])cc2Cl)cc1. The summed E-state index contributed by atoms with van der Waals surface area (Å²) in [5, 5.41) is 10.6. The Balaban J connectivity index is 1.85. The van der Waals surface area contributed by atoms with Crippen LogP contribution >= 0.6 is 11.6 Å². The summed E-state index contributed by atoms with van der Waals surface area (Å²) in [6.07, 6.45) is 0. The van der Waals surface area contributed by atoms with E-state index in [-0.39, 0.29) is 28.3 Å². The predicted octanol–water partition coefficient (Wildman–Crippen LogP) is 3.39. The van der Waals surface area contributed by atoms with Gasteiger partial charge in [-0.3, -0.25) is 30.6 Å². The van der Waals surface area contributed by atoms with Gasteiger partial charge in [-0.15, -0.1) is 0 Å². The van der Waals surface area contributed by atoms with Crippen molar-refractivity contribution in [2.75, 3.05) is 6.61 Å². The summed E-state index contributed by atoms with van der Waals surface area (Å²) in [7, 11) is 0. The molecule has 2 aromatic rings. The number of benzene rings is 2. The second kappa shape index (κ2) is 8.71. The van der Waals surface area contributed by atoms with E-state index >= 15 is 0 Å². The van der Waals surface area contributed by atoms with Crippen molar-refractivity contribution in [3.05, 3.63) is 68.7 Å². The fourth-order valence-electron chi connectivity index (χ4n) is 2.23. The molecule has 2 rings (SSSR count). The first-order valence-corrected chi connectivity index (χ1v) is 8.72. The molecule has 0 radical (unpaired) electrons. The number of nitrogens with one attached hydrogen (secondary N) is 2. The first kappa shape index (κ1) is 21.2. The number of ether oxygens (including phenoxy) is 1. The van der Waals surface area contributed by atoms with Gasteiger partial charge in [0.15, 0.2) is 6.61 Å². The van der Waals surface area contributed by atoms with E-state index in [1.165, 1.54) is 6.07 Å². The van der Waals surface area contributed by atoms with Crippen LogP contribution in [0.5, 0.6) is 5.75 Å². The van der Waals surface area contributed by atoms with Gasteiger partial charge < -0.3 is 4.74 Å². The maximum Gasteiger partial charge on any atom is 0.276 e. The summed E-state index contributed by atoms with van der Waals surface area (Å²) >= 11 is 5.87. The number of rotatable bonds is 5. The van der Waals surface area contributed by atoms with E-state index in [0.717, 1.165) is 17.7 Å². The van der Waals surface area contributed by atoms with Gasteiger partial charge in [0.1, 0.15) is 5.75 Å². The van der Waals surface area contributed by atoms with Crippen LogP contribution in [0.2, 0.25) is 5.02 Å². The molecule has 0 aliphatic carbocycles. The zero-order valence-electron chi connectivity index (χ0n) is 15.6. The minimum atomic E-state index is -0.706. The number of nitro groups is 1. The van der Waals surface area contributed by atoms with Crippen molar-refractivity contribution < 1.29 is 19.2 Å². The Bertz CT molecular complexity index is 891. The lowest BCUT2D eigenvalue weighted by atomic mass is 9.87. The predicted molar refractivity (Wildman–Crippen MR) is 104 cm³/mol. The average molecular weight is 406 g/mol. The Labute approximate surface area is 167 Å². The average Bonchev–Trinajstić information content (AvgIpc) is 2.63. The molecule has 0 bridgehead atoms. The van der Waals surface area contributed by atoms with Crippen molar-refractivity contribution in [1.29, 1.82) is 0 Å². The minimum absolute atomic E-state index is 0.00810. The molecule has 28 heavy (non-hydrogen) atoms. The van der Waals surface area contributed by atoms with Crippen molar-refractivity contribution in [2.24, 2.45) is 0 Å². The third-order valence-corrected chi connectivity index (χ3v) is 4.13. The van der Waals surface area contributed by atoms with E-state index < -0.39 is 16.7 Å². The van der Waals surface area contributed by atoms with Crippen molar-refractivity contribution >= 4 is 29.1 Å². The number of carbonyl (C=O) groups is 2. The molecule has 0 heterocycles. The molecular weight excluding hydrogens is 386 g/mol. The maximum atomic E-state index is 12.0. The van der Waals surface area contributed by atoms with Gasteiger partial charge in [-0.2, -0.15) is 0 Å². The Kier molecular flexibility index (Phi) is 6.58. The zero-order chi connectivity index (χ0) is 20.9. The van der Waals surface area contributed by atoms with E-state index in [0.29, 0.717) is 5.75 Å². The van der Waals surface area contributed by atoms with Crippen molar-refractivity contribution in [2.45, 2.75) is 26.2 Å². The number of nitrogens with zero attached hydrogens (tertiary/aromatic N) is 1. The first-order chi connectivity index (χ1) is 13.1. The molecular formula is C19H20ClN3O5. The number of carbonyl (C=O) groups excluding carboxylic acids is 2. The van der Waals surface area contributed by atoms with Crippen molar-refractivity contribution in [3.8, 4) is 5.75 Å². The van der Waals surface area contributed by atoms with Gasteiger partial charge in [-0.1, -0.05) is 44.5 Å². The van der Waals surface area contributed by atoms with E-state index in [4.69, 9.17) is 16.3 Å². The van der Waals surface area contributed by atoms with Crippen molar-refractivity contribution in [3.63, 3.8) is 0 Å². The molecule has 2 amide bonds. The monoisotopic (exact) mass is 405 g/mol. The summed E-state index contributed by atoms with van der Waals surface area (Å²) in [5.41, 5.74) is 5.28. The van der Waals surface area contributed by atoms with Crippen LogP contribution in [0.25, 0.3) is 0 Å². The second-order valence-corrected chi connectivity index (χ2v) is 7.39. The lowest BCUT2D eigenvalue weighted by Gasteiger charge is -2.19. The number of hydrazine groups is 1. The Hall–Kier alpha value is -3.13. The highest BCUT2D eigenvalue weighted by molar-refractivity contribution is 6.34. The molecule has 0 saturated heterocycles. The van der Waals surface area contributed by atoms with Crippen molar-refractivity contribution in [1.82, 2.24) is 10.9 Å². The zero-order valence-corrected chi connectivity index (χ0v) is 16.4. The third kappa shape index (κ3) is 5.68. The Morgan fingerprint density at radius 2 is 1.75 bits per heavy atom. The molecule has 0 aliphatic heterocycles. The number of non-ortho nitro benzene ring substituents is 1. The largest absolute Gasteiger partial charge is 0.484 e. The van der Waals surface area contributed by atoms with Gasteiger partial charge in [0, 0.05) is 12.1 Å². The normalized spacial score (nSPS) is 10.9.